The maximum atomic E-state index is 12.9. The van der Waals surface area contributed by atoms with Gasteiger partial charge in [-0.3, -0.25) is 4.79 Å². The summed E-state index contributed by atoms with van der Waals surface area (Å²) in [6, 6.07) is 12.3. The van der Waals surface area contributed by atoms with Gasteiger partial charge in [-0.05, 0) is 48.6 Å². The van der Waals surface area contributed by atoms with E-state index in [2.05, 4.69) is 11.4 Å². The van der Waals surface area contributed by atoms with Crippen molar-refractivity contribution in [3.05, 3.63) is 58.6 Å². The maximum absolute atomic E-state index is 12.9. The Balaban J connectivity index is 1.74. The Kier molecular flexibility index (Phi) is 6.27. The molecule has 0 spiro atoms. The molecule has 28 heavy (non-hydrogen) atoms. The van der Waals surface area contributed by atoms with Gasteiger partial charge in [0.25, 0.3) is 0 Å². The molecule has 1 amide bonds. The molecule has 0 saturated heterocycles. The summed E-state index contributed by atoms with van der Waals surface area (Å²) < 4.78 is 31.9. The smallest absolute Gasteiger partial charge is 0.247 e. The van der Waals surface area contributed by atoms with Crippen LogP contribution < -0.4 is 10.1 Å². The van der Waals surface area contributed by atoms with Crippen molar-refractivity contribution >= 4 is 27.5 Å². The highest BCUT2D eigenvalue weighted by Gasteiger charge is 2.28. The number of hydrogen-bond donors (Lipinski definition) is 1. The van der Waals surface area contributed by atoms with E-state index in [1.165, 1.54) is 31.9 Å². The van der Waals surface area contributed by atoms with E-state index in [0.717, 1.165) is 29.1 Å². The maximum Gasteiger partial charge on any atom is 0.247 e. The first kappa shape index (κ1) is 20.6. The molecule has 1 aliphatic rings. The summed E-state index contributed by atoms with van der Waals surface area (Å²) in [6.45, 7) is -0.295. The number of amides is 1. The standard InChI is InChI=1S/C20H23ClN2O4S/c1-23(28(25,26)19-12-15(21)10-11-18(19)27-2)13-20(24)22-17-9-5-7-14-6-3-4-8-16(14)17/h3-4,6,8,10-12,17H,5,7,9,13H2,1-2H3,(H,22,24). The van der Waals surface area contributed by atoms with Crippen LogP contribution in [0.15, 0.2) is 47.4 Å². The van der Waals surface area contributed by atoms with Gasteiger partial charge in [-0.15, -0.1) is 0 Å². The lowest BCUT2D eigenvalue weighted by atomic mass is 9.88. The average molecular weight is 423 g/mol. The van der Waals surface area contributed by atoms with Gasteiger partial charge in [-0.1, -0.05) is 35.9 Å². The molecule has 8 heteroatoms. The van der Waals surface area contributed by atoms with Crippen molar-refractivity contribution in [1.29, 1.82) is 0 Å². The number of aryl methyl sites for hydroxylation is 1. The second kappa shape index (κ2) is 8.51. The Morgan fingerprint density at radius 2 is 2.04 bits per heavy atom. The highest BCUT2D eigenvalue weighted by atomic mass is 35.5. The lowest BCUT2D eigenvalue weighted by Crippen LogP contribution is -2.40. The van der Waals surface area contributed by atoms with Gasteiger partial charge in [-0.25, -0.2) is 8.42 Å². The molecule has 3 rings (SSSR count). The van der Waals surface area contributed by atoms with E-state index in [1.807, 2.05) is 18.2 Å². The quantitative estimate of drug-likeness (QED) is 0.775. The molecule has 1 aliphatic carbocycles. The number of nitrogens with one attached hydrogen (secondary N) is 1. The van der Waals surface area contributed by atoms with E-state index in [-0.39, 0.29) is 34.2 Å². The van der Waals surface area contributed by atoms with Crippen LogP contribution in [0.3, 0.4) is 0 Å². The Labute approximate surface area is 170 Å². The molecule has 0 saturated carbocycles. The molecule has 0 aromatic heterocycles. The molecule has 0 aliphatic heterocycles. The van der Waals surface area contributed by atoms with E-state index in [4.69, 9.17) is 16.3 Å². The zero-order valence-corrected chi connectivity index (χ0v) is 17.4. The average Bonchev–Trinajstić information content (AvgIpc) is 2.68. The van der Waals surface area contributed by atoms with Crippen molar-refractivity contribution in [3.63, 3.8) is 0 Å². The fourth-order valence-corrected chi connectivity index (χ4v) is 4.99. The second-order valence-electron chi connectivity index (χ2n) is 6.77. The van der Waals surface area contributed by atoms with E-state index >= 15 is 0 Å². The van der Waals surface area contributed by atoms with Crippen LogP contribution in [0.4, 0.5) is 0 Å². The lowest BCUT2D eigenvalue weighted by molar-refractivity contribution is -0.122. The molecule has 0 heterocycles. The predicted molar refractivity (Wildman–Crippen MR) is 108 cm³/mol. The molecule has 1 N–H and O–H groups in total. The van der Waals surface area contributed by atoms with Crippen molar-refractivity contribution in [2.24, 2.45) is 0 Å². The third kappa shape index (κ3) is 4.32. The highest BCUT2D eigenvalue weighted by molar-refractivity contribution is 7.89. The van der Waals surface area contributed by atoms with Crippen LogP contribution in [0.25, 0.3) is 0 Å². The Morgan fingerprint density at radius 1 is 1.29 bits per heavy atom. The van der Waals surface area contributed by atoms with Crippen LogP contribution in [0.2, 0.25) is 5.02 Å². The molecule has 6 nitrogen and oxygen atoms in total. The number of hydrogen-bond acceptors (Lipinski definition) is 4. The topological polar surface area (TPSA) is 75.7 Å². The molecule has 0 fully saturated rings. The van der Waals surface area contributed by atoms with E-state index in [0.29, 0.717) is 0 Å². The van der Waals surface area contributed by atoms with Crippen molar-refractivity contribution in [2.75, 3.05) is 20.7 Å². The number of ether oxygens (including phenoxy) is 1. The number of likely N-dealkylation sites (N-methyl/N-ethyl adjacent to an activating group) is 1. The fourth-order valence-electron chi connectivity index (χ4n) is 3.45. The van der Waals surface area contributed by atoms with Gasteiger partial charge in [0.15, 0.2) is 0 Å². The van der Waals surface area contributed by atoms with Crippen LogP contribution in [0.5, 0.6) is 5.75 Å². The number of carbonyl (C=O) groups excluding carboxylic acids is 1. The van der Waals surface area contributed by atoms with Crippen LogP contribution in [0.1, 0.15) is 30.0 Å². The number of methoxy groups -OCH3 is 1. The van der Waals surface area contributed by atoms with Crippen LogP contribution >= 0.6 is 11.6 Å². The van der Waals surface area contributed by atoms with Crippen molar-refractivity contribution < 1.29 is 17.9 Å². The summed E-state index contributed by atoms with van der Waals surface area (Å²) >= 11 is 5.95. The molecule has 2 aromatic rings. The minimum Gasteiger partial charge on any atom is -0.495 e. The summed E-state index contributed by atoms with van der Waals surface area (Å²) in [7, 11) is -1.19. The molecular weight excluding hydrogens is 400 g/mol. The number of halogens is 1. The summed E-state index contributed by atoms with van der Waals surface area (Å²) in [5.41, 5.74) is 2.33. The highest BCUT2D eigenvalue weighted by Crippen LogP contribution is 2.30. The largest absolute Gasteiger partial charge is 0.495 e. The lowest BCUT2D eigenvalue weighted by Gasteiger charge is -2.27. The molecule has 0 bridgehead atoms. The summed E-state index contributed by atoms with van der Waals surface area (Å²) in [6.07, 6.45) is 2.81. The third-order valence-corrected chi connectivity index (χ3v) is 6.94. The summed E-state index contributed by atoms with van der Waals surface area (Å²) in [5.74, 6) is -0.174. The Bertz CT molecular complexity index is 978. The number of fused-ring (bicyclic) bond motifs is 1. The molecule has 150 valence electrons. The summed E-state index contributed by atoms with van der Waals surface area (Å²) in [5, 5.41) is 3.24. The van der Waals surface area contributed by atoms with Crippen LogP contribution in [0, 0.1) is 0 Å². The first-order chi connectivity index (χ1) is 13.3. The van der Waals surface area contributed by atoms with Gasteiger partial charge in [0.05, 0.1) is 19.7 Å². The van der Waals surface area contributed by atoms with Gasteiger partial charge in [0.1, 0.15) is 10.6 Å². The number of benzene rings is 2. The Hall–Kier alpha value is -2.09. The SMILES string of the molecule is COc1ccc(Cl)cc1S(=O)(=O)N(C)CC(=O)NC1CCCc2ccccc21. The van der Waals surface area contributed by atoms with E-state index in [1.54, 1.807) is 6.07 Å². The molecule has 1 atom stereocenters. The zero-order chi connectivity index (χ0) is 20.3. The van der Waals surface area contributed by atoms with Gasteiger partial charge >= 0.3 is 0 Å². The van der Waals surface area contributed by atoms with Crippen molar-refractivity contribution in [3.8, 4) is 5.75 Å². The number of rotatable bonds is 6. The van der Waals surface area contributed by atoms with Crippen LogP contribution in [-0.4, -0.2) is 39.3 Å². The monoisotopic (exact) mass is 422 g/mol. The number of nitrogens with zero attached hydrogens (tertiary/aromatic N) is 1. The molecular formula is C20H23ClN2O4S. The first-order valence-electron chi connectivity index (χ1n) is 9.00. The fraction of sp³-hybridized carbons (Fsp3) is 0.350. The summed E-state index contributed by atoms with van der Waals surface area (Å²) in [4.78, 5) is 12.5. The molecule has 0 radical (unpaired) electrons. The third-order valence-electron chi connectivity index (χ3n) is 4.88. The van der Waals surface area contributed by atoms with Gasteiger partial charge in [0.2, 0.25) is 15.9 Å². The van der Waals surface area contributed by atoms with E-state index in [9.17, 15) is 13.2 Å². The first-order valence-corrected chi connectivity index (χ1v) is 10.8. The zero-order valence-electron chi connectivity index (χ0n) is 15.8. The van der Waals surface area contributed by atoms with Gasteiger partial charge in [-0.2, -0.15) is 4.31 Å². The second-order valence-corrected chi connectivity index (χ2v) is 9.22. The minimum absolute atomic E-state index is 0.0687. The minimum atomic E-state index is -3.94. The van der Waals surface area contributed by atoms with Crippen molar-refractivity contribution in [1.82, 2.24) is 9.62 Å². The predicted octanol–water partition coefficient (Wildman–Crippen LogP) is 3.16. The van der Waals surface area contributed by atoms with Gasteiger partial charge in [0, 0.05) is 12.1 Å². The normalized spacial score (nSPS) is 16.5. The van der Waals surface area contributed by atoms with Gasteiger partial charge < -0.3 is 10.1 Å². The van der Waals surface area contributed by atoms with Crippen LogP contribution in [-0.2, 0) is 21.2 Å². The molecule has 2 aromatic carbocycles. The Morgan fingerprint density at radius 3 is 2.79 bits per heavy atom. The molecule has 1 unspecified atom stereocenters. The number of sulfonamides is 1. The number of carbonyl (C=O) groups is 1. The van der Waals surface area contributed by atoms with E-state index < -0.39 is 10.0 Å². The van der Waals surface area contributed by atoms with Crippen molar-refractivity contribution in [2.45, 2.75) is 30.2 Å².